The van der Waals surface area contributed by atoms with Crippen LogP contribution in [0.2, 0.25) is 10.0 Å². The van der Waals surface area contributed by atoms with Gasteiger partial charge in [-0.2, -0.15) is 0 Å². The first-order chi connectivity index (χ1) is 16.0. The van der Waals surface area contributed by atoms with E-state index in [1.165, 1.54) is 11.3 Å². The normalized spacial score (nSPS) is 11.1. The summed E-state index contributed by atoms with van der Waals surface area (Å²) in [6.45, 7) is 2.52. The minimum Gasteiger partial charge on any atom is -0.494 e. The third-order valence-corrected chi connectivity index (χ3v) is 6.54. The number of fused-ring (bicyclic) bond motifs is 2. The number of rotatable bonds is 5. The lowest BCUT2D eigenvalue weighted by molar-refractivity contribution is 0.102. The third kappa shape index (κ3) is 4.37. The lowest BCUT2D eigenvalue weighted by Gasteiger charge is -2.11. The summed E-state index contributed by atoms with van der Waals surface area (Å²) in [5, 5.41) is 5.19. The molecule has 0 aliphatic carbocycles. The lowest BCUT2D eigenvalue weighted by atomic mass is 10.0. The quantitative estimate of drug-likeness (QED) is 0.275. The van der Waals surface area contributed by atoms with Gasteiger partial charge in [-0.25, -0.2) is 9.97 Å². The van der Waals surface area contributed by atoms with E-state index in [4.69, 9.17) is 32.9 Å². The second-order valence-electron chi connectivity index (χ2n) is 7.23. The molecule has 164 valence electrons. The number of halogens is 2. The van der Waals surface area contributed by atoms with Crippen molar-refractivity contribution in [1.29, 1.82) is 0 Å². The molecule has 5 aromatic rings. The molecule has 2 heterocycles. The first-order valence-electron chi connectivity index (χ1n) is 10.2. The third-order valence-electron chi connectivity index (χ3n) is 5.06. The first-order valence-corrected chi connectivity index (χ1v) is 11.8. The highest BCUT2D eigenvalue weighted by Crippen LogP contribution is 2.33. The van der Waals surface area contributed by atoms with Gasteiger partial charge in [0, 0.05) is 16.0 Å². The van der Waals surface area contributed by atoms with Crippen LogP contribution in [0.1, 0.15) is 17.3 Å². The van der Waals surface area contributed by atoms with Crippen molar-refractivity contribution in [2.75, 3.05) is 11.9 Å². The fourth-order valence-electron chi connectivity index (χ4n) is 3.58. The summed E-state index contributed by atoms with van der Waals surface area (Å²) in [7, 11) is 0. The van der Waals surface area contributed by atoms with Gasteiger partial charge in [-0.05, 0) is 55.5 Å². The van der Waals surface area contributed by atoms with Crippen LogP contribution in [0.4, 0.5) is 5.13 Å². The van der Waals surface area contributed by atoms with Gasteiger partial charge in [0.2, 0.25) is 0 Å². The van der Waals surface area contributed by atoms with Gasteiger partial charge in [-0.15, -0.1) is 0 Å². The molecule has 1 amide bonds. The zero-order valence-corrected chi connectivity index (χ0v) is 19.8. The van der Waals surface area contributed by atoms with Gasteiger partial charge in [0.05, 0.1) is 38.6 Å². The Labute approximate surface area is 204 Å². The van der Waals surface area contributed by atoms with E-state index >= 15 is 0 Å². The van der Waals surface area contributed by atoms with Crippen LogP contribution >= 0.6 is 34.5 Å². The highest BCUT2D eigenvalue weighted by Gasteiger charge is 2.17. The van der Waals surface area contributed by atoms with E-state index in [2.05, 4.69) is 10.3 Å². The lowest BCUT2D eigenvalue weighted by Crippen LogP contribution is -2.13. The predicted octanol–water partition coefficient (Wildman–Crippen LogP) is 7.47. The van der Waals surface area contributed by atoms with Crippen LogP contribution in [-0.2, 0) is 0 Å². The Bertz CT molecular complexity index is 1520. The number of nitrogens with zero attached hydrogens (tertiary/aromatic N) is 2. The Morgan fingerprint density at radius 3 is 2.67 bits per heavy atom. The molecule has 0 radical (unpaired) electrons. The average Bonchev–Trinajstić information content (AvgIpc) is 3.20. The summed E-state index contributed by atoms with van der Waals surface area (Å²) in [5.41, 5.74) is 3.26. The molecule has 0 fully saturated rings. The number of hydrogen-bond donors (Lipinski definition) is 1. The fourth-order valence-corrected chi connectivity index (χ4v) is 4.97. The number of aromatic nitrogens is 2. The minimum absolute atomic E-state index is 0.274. The Morgan fingerprint density at radius 2 is 1.85 bits per heavy atom. The van der Waals surface area contributed by atoms with Gasteiger partial charge in [-0.1, -0.05) is 52.7 Å². The number of thiazole rings is 1. The molecule has 0 saturated carbocycles. The molecule has 0 spiro atoms. The van der Waals surface area contributed by atoms with Crippen molar-refractivity contribution >= 4 is 66.7 Å². The molecule has 0 saturated heterocycles. The molecule has 5 rings (SSSR count). The average molecular weight is 494 g/mol. The van der Waals surface area contributed by atoms with Crippen molar-refractivity contribution in [2.24, 2.45) is 0 Å². The maximum atomic E-state index is 13.3. The summed E-state index contributed by atoms with van der Waals surface area (Å²) in [6, 6.07) is 20.1. The topological polar surface area (TPSA) is 64.1 Å². The Morgan fingerprint density at radius 1 is 1.00 bits per heavy atom. The number of anilines is 1. The summed E-state index contributed by atoms with van der Waals surface area (Å²) < 4.78 is 6.49. The second kappa shape index (κ2) is 8.98. The van der Waals surface area contributed by atoms with Crippen LogP contribution in [0.25, 0.3) is 32.4 Å². The van der Waals surface area contributed by atoms with Crippen LogP contribution in [0.3, 0.4) is 0 Å². The van der Waals surface area contributed by atoms with E-state index < -0.39 is 0 Å². The van der Waals surface area contributed by atoms with Crippen molar-refractivity contribution in [2.45, 2.75) is 6.92 Å². The minimum atomic E-state index is -0.274. The summed E-state index contributed by atoms with van der Waals surface area (Å²) in [5.74, 6) is 0.500. The van der Waals surface area contributed by atoms with Gasteiger partial charge in [-0.3, -0.25) is 10.1 Å². The van der Waals surface area contributed by atoms with Crippen LogP contribution in [0.15, 0.2) is 66.7 Å². The molecule has 8 heteroatoms. The highest BCUT2D eigenvalue weighted by atomic mass is 35.5. The first kappa shape index (κ1) is 21.6. The molecule has 0 aliphatic heterocycles. The molecule has 3 aromatic carbocycles. The van der Waals surface area contributed by atoms with Crippen molar-refractivity contribution in [3.05, 3.63) is 82.3 Å². The van der Waals surface area contributed by atoms with Crippen LogP contribution in [0.5, 0.6) is 5.75 Å². The van der Waals surface area contributed by atoms with E-state index in [-0.39, 0.29) is 5.91 Å². The van der Waals surface area contributed by atoms with E-state index in [1.807, 2.05) is 49.4 Å². The molecule has 5 nitrogen and oxygen atoms in total. The van der Waals surface area contributed by atoms with Gasteiger partial charge >= 0.3 is 0 Å². The Hall–Kier alpha value is -3.19. The molecular formula is C25H17Cl2N3O2S. The predicted molar refractivity (Wildman–Crippen MR) is 136 cm³/mol. The Kier molecular flexibility index (Phi) is 5.89. The Balaban J connectivity index is 1.54. The van der Waals surface area contributed by atoms with Gasteiger partial charge in [0.1, 0.15) is 5.75 Å². The SMILES string of the molecule is CCOc1ccc2nc(NC(=O)c3cc(-c4ccc(Cl)cc4Cl)nc4ccccc34)sc2c1. The molecule has 2 aromatic heterocycles. The number of ether oxygens (including phenoxy) is 1. The summed E-state index contributed by atoms with van der Waals surface area (Å²) >= 11 is 13.9. The zero-order valence-electron chi connectivity index (χ0n) is 17.4. The number of para-hydroxylation sites is 1. The molecule has 0 aliphatic rings. The number of pyridine rings is 1. The number of hydrogen-bond acceptors (Lipinski definition) is 5. The number of carbonyl (C=O) groups is 1. The molecule has 0 unspecified atom stereocenters. The smallest absolute Gasteiger partial charge is 0.258 e. The summed E-state index contributed by atoms with van der Waals surface area (Å²) in [4.78, 5) is 22.6. The largest absolute Gasteiger partial charge is 0.494 e. The van der Waals surface area contributed by atoms with Gasteiger partial charge < -0.3 is 4.74 Å². The van der Waals surface area contributed by atoms with Crippen molar-refractivity contribution in [3.8, 4) is 17.0 Å². The van der Waals surface area contributed by atoms with Crippen molar-refractivity contribution in [1.82, 2.24) is 9.97 Å². The van der Waals surface area contributed by atoms with Crippen LogP contribution in [0, 0.1) is 0 Å². The van der Waals surface area contributed by atoms with Crippen LogP contribution in [-0.4, -0.2) is 22.5 Å². The second-order valence-corrected chi connectivity index (χ2v) is 9.11. The fraction of sp³-hybridized carbons (Fsp3) is 0.0800. The monoisotopic (exact) mass is 493 g/mol. The summed E-state index contributed by atoms with van der Waals surface area (Å²) in [6.07, 6.45) is 0. The van der Waals surface area contributed by atoms with Gasteiger partial charge in [0.25, 0.3) is 5.91 Å². The maximum absolute atomic E-state index is 13.3. The van der Waals surface area contributed by atoms with Crippen molar-refractivity contribution < 1.29 is 9.53 Å². The zero-order chi connectivity index (χ0) is 22.9. The highest BCUT2D eigenvalue weighted by molar-refractivity contribution is 7.22. The van der Waals surface area contributed by atoms with Gasteiger partial charge in [0.15, 0.2) is 5.13 Å². The molecular weight excluding hydrogens is 477 g/mol. The standard InChI is InChI=1S/C25H17Cl2N3O2S/c1-2-32-15-8-10-21-23(12-15)33-25(29-21)30-24(31)18-13-22(17-9-7-14(26)11-19(17)27)28-20-6-4-3-5-16(18)20/h3-13H,2H2,1H3,(H,29,30,31). The number of carbonyl (C=O) groups excluding carboxylic acids is 1. The van der Waals surface area contributed by atoms with E-state index in [1.54, 1.807) is 24.3 Å². The number of nitrogens with one attached hydrogen (secondary N) is 1. The molecule has 0 bridgehead atoms. The van der Waals surface area contributed by atoms with Crippen LogP contribution < -0.4 is 10.1 Å². The maximum Gasteiger partial charge on any atom is 0.258 e. The molecule has 33 heavy (non-hydrogen) atoms. The molecule has 0 atom stereocenters. The van der Waals surface area contributed by atoms with E-state index in [9.17, 15) is 4.79 Å². The number of benzene rings is 3. The number of amides is 1. The van der Waals surface area contributed by atoms with Crippen molar-refractivity contribution in [3.63, 3.8) is 0 Å². The van der Waals surface area contributed by atoms with E-state index in [0.29, 0.717) is 44.1 Å². The molecule has 1 N–H and O–H groups in total. The van der Waals surface area contributed by atoms with E-state index in [0.717, 1.165) is 21.4 Å².